The molecule has 0 bridgehead atoms. The smallest absolute Gasteiger partial charge is 0.257 e. The number of ether oxygens (including phenoxy) is 3. The summed E-state index contributed by atoms with van der Waals surface area (Å²) in [6.07, 6.45) is 1.20. The molecule has 0 saturated carbocycles. The molecule has 2 aliphatic rings. The third-order valence-corrected chi connectivity index (χ3v) is 4.94. The van der Waals surface area contributed by atoms with Gasteiger partial charge < -0.3 is 14.2 Å². The highest BCUT2D eigenvalue weighted by Crippen LogP contribution is 2.32. The van der Waals surface area contributed by atoms with Crippen molar-refractivity contribution in [1.82, 2.24) is 14.9 Å². The molecule has 2 aliphatic heterocycles. The van der Waals surface area contributed by atoms with E-state index in [4.69, 9.17) is 14.2 Å². The van der Waals surface area contributed by atoms with Crippen LogP contribution in [0.15, 0.2) is 24.3 Å². The van der Waals surface area contributed by atoms with Gasteiger partial charge in [0.25, 0.3) is 5.88 Å². The molecule has 2 aromatic rings. The standard InChI is InChI=1S/C20H25N3O3.H2S/c1-13-10-17(11-14(2)21-13)26-16-6-7-23(12-16)15(3)18-4-5-19-20(22-18)25-9-8-24-19;/h4-5,10-11,15-16H,6-9,12H2,1-3H3;1H2/t15?,16-;/m0./s1. The minimum absolute atomic E-state index is 0. The number of hydrogen-bond acceptors (Lipinski definition) is 6. The van der Waals surface area contributed by atoms with Gasteiger partial charge in [0.1, 0.15) is 25.1 Å². The van der Waals surface area contributed by atoms with Crippen molar-refractivity contribution in [2.45, 2.75) is 39.3 Å². The Morgan fingerprint density at radius 1 is 1.11 bits per heavy atom. The van der Waals surface area contributed by atoms with Gasteiger partial charge in [0.05, 0.1) is 5.69 Å². The topological polar surface area (TPSA) is 56.7 Å². The van der Waals surface area contributed by atoms with Crippen molar-refractivity contribution in [3.8, 4) is 17.4 Å². The summed E-state index contributed by atoms with van der Waals surface area (Å²) in [4.78, 5) is 11.5. The predicted octanol–water partition coefficient (Wildman–Crippen LogP) is 3.19. The van der Waals surface area contributed by atoms with Gasteiger partial charge in [-0.3, -0.25) is 9.88 Å². The fourth-order valence-corrected chi connectivity index (χ4v) is 3.62. The van der Waals surface area contributed by atoms with Crippen LogP contribution in [-0.4, -0.2) is 47.3 Å². The van der Waals surface area contributed by atoms with Crippen molar-refractivity contribution in [3.63, 3.8) is 0 Å². The van der Waals surface area contributed by atoms with E-state index in [0.29, 0.717) is 19.1 Å². The fourth-order valence-electron chi connectivity index (χ4n) is 3.62. The van der Waals surface area contributed by atoms with E-state index >= 15 is 0 Å². The normalized spacial score (nSPS) is 20.0. The molecule has 0 amide bonds. The number of nitrogens with zero attached hydrogens (tertiary/aromatic N) is 3. The summed E-state index contributed by atoms with van der Waals surface area (Å²) in [5.74, 6) is 2.25. The second kappa shape index (κ2) is 8.35. The summed E-state index contributed by atoms with van der Waals surface area (Å²) in [5, 5.41) is 0. The molecule has 0 radical (unpaired) electrons. The van der Waals surface area contributed by atoms with E-state index in [9.17, 15) is 0 Å². The second-order valence-electron chi connectivity index (χ2n) is 7.02. The number of pyridine rings is 2. The second-order valence-corrected chi connectivity index (χ2v) is 7.02. The largest absolute Gasteiger partial charge is 0.489 e. The first-order valence-corrected chi connectivity index (χ1v) is 9.21. The summed E-state index contributed by atoms with van der Waals surface area (Å²) in [6, 6.07) is 8.20. The van der Waals surface area contributed by atoms with Gasteiger partial charge in [-0.1, -0.05) is 0 Å². The zero-order chi connectivity index (χ0) is 18.1. The summed E-state index contributed by atoms with van der Waals surface area (Å²) in [6.45, 7) is 9.20. The highest BCUT2D eigenvalue weighted by molar-refractivity contribution is 7.59. The summed E-state index contributed by atoms with van der Waals surface area (Å²) in [5.41, 5.74) is 2.98. The third-order valence-electron chi connectivity index (χ3n) is 4.94. The summed E-state index contributed by atoms with van der Waals surface area (Å²) in [7, 11) is 0. The van der Waals surface area contributed by atoms with Crippen LogP contribution in [0.25, 0.3) is 0 Å². The summed E-state index contributed by atoms with van der Waals surface area (Å²) >= 11 is 0. The Morgan fingerprint density at radius 3 is 2.63 bits per heavy atom. The monoisotopic (exact) mass is 389 g/mol. The molecular weight excluding hydrogens is 362 g/mol. The van der Waals surface area contributed by atoms with Crippen molar-refractivity contribution in [2.75, 3.05) is 26.3 Å². The third kappa shape index (κ3) is 4.47. The van der Waals surface area contributed by atoms with Crippen LogP contribution in [0.3, 0.4) is 0 Å². The molecular formula is C20H27N3O3S. The van der Waals surface area contributed by atoms with Gasteiger partial charge in [0, 0.05) is 42.7 Å². The van der Waals surface area contributed by atoms with Crippen LogP contribution >= 0.6 is 13.5 Å². The average molecular weight is 390 g/mol. The molecule has 146 valence electrons. The Bertz CT molecular complexity index is 782. The Balaban J connectivity index is 0.00000210. The van der Waals surface area contributed by atoms with E-state index in [1.54, 1.807) is 0 Å². The molecule has 27 heavy (non-hydrogen) atoms. The predicted molar refractivity (Wildman–Crippen MR) is 108 cm³/mol. The maximum atomic E-state index is 6.20. The minimum Gasteiger partial charge on any atom is -0.489 e. The van der Waals surface area contributed by atoms with Gasteiger partial charge >= 0.3 is 0 Å². The van der Waals surface area contributed by atoms with E-state index in [2.05, 4.69) is 21.8 Å². The molecule has 1 saturated heterocycles. The Labute approximate surface area is 167 Å². The number of rotatable bonds is 4. The Morgan fingerprint density at radius 2 is 1.85 bits per heavy atom. The highest BCUT2D eigenvalue weighted by atomic mass is 32.1. The molecule has 0 aliphatic carbocycles. The van der Waals surface area contributed by atoms with Crippen molar-refractivity contribution in [3.05, 3.63) is 41.3 Å². The van der Waals surface area contributed by atoms with Crippen LogP contribution in [0.5, 0.6) is 17.4 Å². The van der Waals surface area contributed by atoms with E-state index in [1.807, 2.05) is 38.1 Å². The van der Waals surface area contributed by atoms with Gasteiger partial charge in [0.2, 0.25) is 0 Å². The number of likely N-dealkylation sites (tertiary alicyclic amines) is 1. The van der Waals surface area contributed by atoms with Crippen molar-refractivity contribution < 1.29 is 14.2 Å². The quantitative estimate of drug-likeness (QED) is 0.800. The Kier molecular flexibility index (Phi) is 6.11. The maximum Gasteiger partial charge on any atom is 0.257 e. The molecule has 6 nitrogen and oxygen atoms in total. The van der Waals surface area contributed by atoms with Crippen LogP contribution in [0, 0.1) is 13.8 Å². The zero-order valence-electron chi connectivity index (χ0n) is 16.1. The van der Waals surface area contributed by atoms with Gasteiger partial charge in [-0.25, -0.2) is 4.98 Å². The van der Waals surface area contributed by atoms with Crippen molar-refractivity contribution >= 4 is 13.5 Å². The van der Waals surface area contributed by atoms with E-state index in [-0.39, 0.29) is 25.6 Å². The average Bonchev–Trinajstić information content (AvgIpc) is 3.08. The van der Waals surface area contributed by atoms with Crippen molar-refractivity contribution in [1.29, 1.82) is 0 Å². The van der Waals surface area contributed by atoms with Crippen LogP contribution in [0.1, 0.15) is 36.5 Å². The molecule has 2 atom stereocenters. The fraction of sp³-hybridized carbons (Fsp3) is 0.500. The molecule has 4 rings (SSSR count). The molecule has 7 heteroatoms. The van der Waals surface area contributed by atoms with Crippen LogP contribution in [0.4, 0.5) is 0 Å². The number of aromatic nitrogens is 2. The molecule has 2 aromatic heterocycles. The lowest BCUT2D eigenvalue weighted by Crippen LogP contribution is -2.28. The van der Waals surface area contributed by atoms with Gasteiger partial charge in [-0.15, -0.1) is 0 Å². The van der Waals surface area contributed by atoms with Crippen LogP contribution in [0.2, 0.25) is 0 Å². The van der Waals surface area contributed by atoms with Crippen LogP contribution in [-0.2, 0) is 0 Å². The van der Waals surface area contributed by atoms with Gasteiger partial charge in [-0.05, 0) is 39.3 Å². The minimum atomic E-state index is 0. The maximum absolute atomic E-state index is 6.20. The lowest BCUT2D eigenvalue weighted by Gasteiger charge is -2.25. The number of hydrogen-bond donors (Lipinski definition) is 0. The van der Waals surface area contributed by atoms with Crippen LogP contribution < -0.4 is 14.2 Å². The van der Waals surface area contributed by atoms with E-state index in [1.165, 1.54) is 0 Å². The Hall–Kier alpha value is -1.99. The van der Waals surface area contributed by atoms with Gasteiger partial charge in [-0.2, -0.15) is 13.5 Å². The molecule has 4 heterocycles. The van der Waals surface area contributed by atoms with E-state index < -0.39 is 0 Å². The first kappa shape index (κ1) is 19.8. The first-order valence-electron chi connectivity index (χ1n) is 9.21. The lowest BCUT2D eigenvalue weighted by molar-refractivity contribution is 0.160. The number of fused-ring (bicyclic) bond motifs is 1. The zero-order valence-corrected chi connectivity index (χ0v) is 17.1. The highest BCUT2D eigenvalue weighted by Gasteiger charge is 2.29. The molecule has 0 N–H and O–H groups in total. The lowest BCUT2D eigenvalue weighted by atomic mass is 10.2. The molecule has 1 fully saturated rings. The summed E-state index contributed by atoms with van der Waals surface area (Å²) < 4.78 is 17.4. The SMILES string of the molecule is Cc1cc(O[C@H]2CCN(C(C)c3ccc4c(n3)OCCO4)C2)cc(C)n1.S. The first-order chi connectivity index (χ1) is 12.6. The van der Waals surface area contributed by atoms with E-state index in [0.717, 1.165) is 48.1 Å². The van der Waals surface area contributed by atoms with Gasteiger partial charge in [0.15, 0.2) is 5.75 Å². The molecule has 0 aromatic carbocycles. The molecule has 1 unspecified atom stereocenters. The number of aryl methyl sites for hydroxylation is 2. The molecule has 0 spiro atoms. The van der Waals surface area contributed by atoms with Crippen molar-refractivity contribution in [2.24, 2.45) is 0 Å².